The van der Waals surface area contributed by atoms with Crippen molar-refractivity contribution in [2.45, 2.75) is 25.0 Å². The first-order chi connectivity index (χ1) is 11.9. The molecule has 0 aliphatic carbocycles. The molecule has 2 atom stereocenters. The predicted octanol–water partition coefficient (Wildman–Crippen LogP) is 4.88. The van der Waals surface area contributed by atoms with Gasteiger partial charge >= 0.3 is 5.97 Å². The van der Waals surface area contributed by atoms with E-state index in [2.05, 4.69) is 0 Å². The third-order valence-electron chi connectivity index (χ3n) is 3.92. The number of carbonyl (C=O) groups is 1. The van der Waals surface area contributed by atoms with Gasteiger partial charge in [0, 0.05) is 22.0 Å². The normalized spacial score (nSPS) is 20.7. The summed E-state index contributed by atoms with van der Waals surface area (Å²) < 4.78 is 18.4. The minimum atomic E-state index is -0.715. The Bertz CT molecular complexity index is 818. The number of aliphatic hydroxyl groups is 1. The third-order valence-corrected chi connectivity index (χ3v) is 4.45. The van der Waals surface area contributed by atoms with Gasteiger partial charge in [0.2, 0.25) is 0 Å². The van der Waals surface area contributed by atoms with Gasteiger partial charge in [0.1, 0.15) is 11.9 Å². The summed E-state index contributed by atoms with van der Waals surface area (Å²) in [5, 5.41) is 10.6. The number of benzene rings is 2. The van der Waals surface area contributed by atoms with E-state index in [-0.39, 0.29) is 12.2 Å². The SMILES string of the molecule is O=C1CC(O)CC(C=Cc2c(Cl)cc(Cl)cc2-c2ccc(F)cc2)O1. The summed E-state index contributed by atoms with van der Waals surface area (Å²) in [6, 6.07) is 9.34. The molecule has 2 aromatic carbocycles. The number of rotatable bonds is 3. The molecule has 0 saturated carbocycles. The van der Waals surface area contributed by atoms with Crippen molar-refractivity contribution in [2.24, 2.45) is 0 Å². The summed E-state index contributed by atoms with van der Waals surface area (Å²) in [5.74, 6) is -0.772. The van der Waals surface area contributed by atoms with Gasteiger partial charge in [-0.1, -0.05) is 41.4 Å². The number of ether oxygens (including phenoxy) is 1. The largest absolute Gasteiger partial charge is 0.458 e. The monoisotopic (exact) mass is 380 g/mol. The van der Waals surface area contributed by atoms with Gasteiger partial charge in [0.05, 0.1) is 12.5 Å². The summed E-state index contributed by atoms with van der Waals surface area (Å²) in [6.07, 6.45) is 2.51. The first kappa shape index (κ1) is 17.9. The van der Waals surface area contributed by atoms with Gasteiger partial charge in [-0.2, -0.15) is 0 Å². The highest BCUT2D eigenvalue weighted by Gasteiger charge is 2.25. The molecule has 130 valence electrons. The second-order valence-corrected chi connectivity index (χ2v) is 6.68. The first-order valence-corrected chi connectivity index (χ1v) is 8.48. The van der Waals surface area contributed by atoms with E-state index in [1.54, 1.807) is 36.4 Å². The molecule has 2 unspecified atom stereocenters. The van der Waals surface area contributed by atoms with Gasteiger partial charge in [0.15, 0.2) is 0 Å². The van der Waals surface area contributed by atoms with Crippen LogP contribution < -0.4 is 0 Å². The molecule has 0 aromatic heterocycles. The predicted molar refractivity (Wildman–Crippen MR) is 96.0 cm³/mol. The molecule has 0 bridgehead atoms. The molecule has 1 aliphatic rings. The molecular formula is C19H15Cl2FO3. The minimum Gasteiger partial charge on any atom is -0.458 e. The number of hydrogen-bond acceptors (Lipinski definition) is 3. The van der Waals surface area contributed by atoms with Gasteiger partial charge in [-0.05, 0) is 41.5 Å². The summed E-state index contributed by atoms with van der Waals surface area (Å²) in [7, 11) is 0. The topological polar surface area (TPSA) is 46.5 Å². The maximum absolute atomic E-state index is 13.2. The van der Waals surface area contributed by atoms with E-state index in [4.69, 9.17) is 27.9 Å². The molecule has 1 N–H and O–H groups in total. The fraction of sp³-hybridized carbons (Fsp3) is 0.211. The minimum absolute atomic E-state index is 0.00682. The van der Waals surface area contributed by atoms with Crippen LogP contribution in [0, 0.1) is 5.82 Å². The molecule has 1 aliphatic heterocycles. The molecule has 6 heteroatoms. The molecule has 0 radical (unpaired) electrons. The number of carbonyl (C=O) groups excluding carboxylic acids is 1. The number of hydrogen-bond donors (Lipinski definition) is 1. The molecule has 1 heterocycles. The highest BCUT2D eigenvalue weighted by atomic mass is 35.5. The Morgan fingerprint density at radius 3 is 2.60 bits per heavy atom. The quantitative estimate of drug-likeness (QED) is 0.771. The molecule has 0 amide bonds. The lowest BCUT2D eigenvalue weighted by Gasteiger charge is -2.23. The zero-order chi connectivity index (χ0) is 18.0. The summed E-state index contributed by atoms with van der Waals surface area (Å²) >= 11 is 12.4. The van der Waals surface area contributed by atoms with Crippen LogP contribution in [-0.4, -0.2) is 23.3 Å². The van der Waals surface area contributed by atoms with Gasteiger partial charge in [-0.3, -0.25) is 4.79 Å². The standard InChI is InChI=1S/C19H15Cl2FO3/c20-12-7-17(11-1-3-13(22)4-2-11)16(18(21)8-12)6-5-15-9-14(23)10-19(24)25-15/h1-8,14-15,23H,9-10H2. The van der Waals surface area contributed by atoms with E-state index >= 15 is 0 Å². The van der Waals surface area contributed by atoms with Crippen molar-refractivity contribution in [3.05, 3.63) is 63.9 Å². The maximum atomic E-state index is 13.2. The number of esters is 1. The van der Waals surface area contributed by atoms with E-state index < -0.39 is 18.2 Å². The molecule has 1 saturated heterocycles. The zero-order valence-electron chi connectivity index (χ0n) is 13.1. The fourth-order valence-electron chi connectivity index (χ4n) is 2.75. The molecule has 0 spiro atoms. The second-order valence-electron chi connectivity index (χ2n) is 5.84. The maximum Gasteiger partial charge on any atom is 0.309 e. The molecule has 3 nitrogen and oxygen atoms in total. The highest BCUT2D eigenvalue weighted by Crippen LogP contribution is 2.34. The van der Waals surface area contributed by atoms with Gasteiger partial charge < -0.3 is 9.84 Å². The molecule has 3 rings (SSSR count). The summed E-state index contributed by atoms with van der Waals surface area (Å²) in [6.45, 7) is 0. The van der Waals surface area contributed by atoms with E-state index in [0.717, 1.165) is 11.1 Å². The summed E-state index contributed by atoms with van der Waals surface area (Å²) in [4.78, 5) is 11.4. The van der Waals surface area contributed by atoms with Crippen LogP contribution in [0.3, 0.4) is 0 Å². The lowest BCUT2D eigenvalue weighted by Crippen LogP contribution is -2.31. The lowest BCUT2D eigenvalue weighted by molar-refractivity contribution is -0.156. The van der Waals surface area contributed by atoms with Gasteiger partial charge in [0.25, 0.3) is 0 Å². The van der Waals surface area contributed by atoms with E-state index in [1.807, 2.05) is 0 Å². The van der Waals surface area contributed by atoms with E-state index in [0.29, 0.717) is 22.0 Å². The number of halogens is 3. The number of cyclic esters (lactones) is 1. The number of aliphatic hydroxyl groups excluding tert-OH is 1. The molecular weight excluding hydrogens is 366 g/mol. The van der Waals surface area contributed by atoms with E-state index in [1.165, 1.54) is 12.1 Å². The van der Waals surface area contributed by atoms with Crippen LogP contribution in [-0.2, 0) is 9.53 Å². The van der Waals surface area contributed by atoms with E-state index in [9.17, 15) is 14.3 Å². The lowest BCUT2D eigenvalue weighted by atomic mass is 9.98. The Hall–Kier alpha value is -1.88. The fourth-order valence-corrected chi connectivity index (χ4v) is 3.31. The van der Waals surface area contributed by atoms with Crippen LogP contribution in [0.25, 0.3) is 17.2 Å². The van der Waals surface area contributed by atoms with Gasteiger partial charge in [-0.15, -0.1) is 0 Å². The van der Waals surface area contributed by atoms with Crippen molar-refractivity contribution in [3.63, 3.8) is 0 Å². The van der Waals surface area contributed by atoms with Crippen LogP contribution in [0.15, 0.2) is 42.5 Å². The van der Waals surface area contributed by atoms with Crippen molar-refractivity contribution in [3.8, 4) is 11.1 Å². The van der Waals surface area contributed by atoms with Crippen LogP contribution in [0.1, 0.15) is 18.4 Å². The van der Waals surface area contributed by atoms with Crippen molar-refractivity contribution in [2.75, 3.05) is 0 Å². The van der Waals surface area contributed by atoms with Crippen LogP contribution >= 0.6 is 23.2 Å². The van der Waals surface area contributed by atoms with Crippen molar-refractivity contribution >= 4 is 35.2 Å². The molecule has 2 aromatic rings. The van der Waals surface area contributed by atoms with Crippen molar-refractivity contribution in [1.82, 2.24) is 0 Å². The van der Waals surface area contributed by atoms with Crippen molar-refractivity contribution < 1.29 is 19.0 Å². The third kappa shape index (κ3) is 4.40. The average molecular weight is 381 g/mol. The molecule has 1 fully saturated rings. The van der Waals surface area contributed by atoms with Crippen LogP contribution in [0.2, 0.25) is 10.0 Å². The zero-order valence-corrected chi connectivity index (χ0v) is 14.6. The first-order valence-electron chi connectivity index (χ1n) is 7.73. The smallest absolute Gasteiger partial charge is 0.309 e. The molecule has 25 heavy (non-hydrogen) atoms. The Labute approximate surface area is 154 Å². The average Bonchev–Trinajstić information content (AvgIpc) is 2.53. The Kier molecular flexibility index (Phi) is 5.42. The Balaban J connectivity index is 1.96. The van der Waals surface area contributed by atoms with Gasteiger partial charge in [-0.25, -0.2) is 4.39 Å². The van der Waals surface area contributed by atoms with Crippen LogP contribution in [0.5, 0.6) is 0 Å². The Morgan fingerprint density at radius 2 is 1.92 bits per heavy atom. The highest BCUT2D eigenvalue weighted by molar-refractivity contribution is 6.36. The van der Waals surface area contributed by atoms with Crippen LogP contribution in [0.4, 0.5) is 4.39 Å². The Morgan fingerprint density at radius 1 is 1.20 bits per heavy atom. The summed E-state index contributed by atoms with van der Waals surface area (Å²) in [5.41, 5.74) is 2.16. The second kappa shape index (κ2) is 7.56. The van der Waals surface area contributed by atoms with Crippen molar-refractivity contribution in [1.29, 1.82) is 0 Å².